The predicted molar refractivity (Wildman–Crippen MR) is 123 cm³/mol. The Bertz CT molecular complexity index is 1110. The summed E-state index contributed by atoms with van der Waals surface area (Å²) >= 11 is 0. The van der Waals surface area contributed by atoms with Crippen molar-refractivity contribution in [2.24, 2.45) is 0 Å². The third-order valence-corrected chi connectivity index (χ3v) is 6.36. The Balaban J connectivity index is 1.14. The fraction of sp³-hybridized carbons (Fsp3) is 0.400. The fourth-order valence-electron chi connectivity index (χ4n) is 4.09. The number of nitrogens with one attached hydrogen (secondary N) is 1. The van der Waals surface area contributed by atoms with E-state index in [9.17, 15) is 4.79 Å². The van der Waals surface area contributed by atoms with Crippen molar-refractivity contribution in [3.63, 3.8) is 0 Å². The van der Waals surface area contributed by atoms with Crippen molar-refractivity contribution in [3.05, 3.63) is 71.5 Å². The first-order chi connectivity index (χ1) is 16.1. The number of benzene rings is 2. The fourth-order valence-corrected chi connectivity index (χ4v) is 4.09. The molecule has 1 aromatic heterocycles. The zero-order valence-corrected chi connectivity index (χ0v) is 19.0. The molecular formula is C25H29N5O3. The van der Waals surface area contributed by atoms with Crippen molar-refractivity contribution < 1.29 is 14.3 Å². The van der Waals surface area contributed by atoms with E-state index in [1.54, 1.807) is 18.0 Å². The van der Waals surface area contributed by atoms with E-state index in [0.29, 0.717) is 18.3 Å². The lowest BCUT2D eigenvalue weighted by Crippen LogP contribution is -2.59. The molecule has 2 fully saturated rings. The first-order valence-electron chi connectivity index (χ1n) is 11.4. The Kier molecular flexibility index (Phi) is 6.00. The summed E-state index contributed by atoms with van der Waals surface area (Å²) in [5, 5.41) is 11.1. The molecule has 1 atom stereocenters. The molecule has 8 heteroatoms. The molecule has 0 spiro atoms. The molecule has 1 aliphatic carbocycles. The van der Waals surface area contributed by atoms with Crippen LogP contribution in [0.1, 0.15) is 53.5 Å². The summed E-state index contributed by atoms with van der Waals surface area (Å²) < 4.78 is 13.4. The van der Waals surface area contributed by atoms with Gasteiger partial charge in [0.2, 0.25) is 0 Å². The number of amides is 1. The number of aromatic nitrogens is 3. The Morgan fingerprint density at radius 2 is 1.94 bits per heavy atom. The summed E-state index contributed by atoms with van der Waals surface area (Å²) in [6.45, 7) is 4.24. The second kappa shape index (κ2) is 9.23. The SMILES string of the molecule is COc1cc(C(C)N2CC(NC(=O)c3cn(C4CC4)nn3)C2)ccc1OCc1ccccc1. The average molecular weight is 448 g/mol. The maximum atomic E-state index is 12.5. The lowest BCUT2D eigenvalue weighted by atomic mass is 10.00. The highest BCUT2D eigenvalue weighted by Crippen LogP contribution is 2.35. The van der Waals surface area contributed by atoms with Crippen molar-refractivity contribution in [1.82, 2.24) is 25.2 Å². The van der Waals surface area contributed by atoms with E-state index >= 15 is 0 Å². The number of rotatable bonds is 9. The molecule has 2 heterocycles. The van der Waals surface area contributed by atoms with Gasteiger partial charge in [-0.05, 0) is 43.0 Å². The van der Waals surface area contributed by atoms with Gasteiger partial charge in [0.15, 0.2) is 17.2 Å². The molecule has 3 aromatic rings. The predicted octanol–water partition coefficient (Wildman–Crippen LogP) is 3.38. The first kappa shape index (κ1) is 21.5. The zero-order chi connectivity index (χ0) is 22.8. The van der Waals surface area contributed by atoms with Crippen molar-refractivity contribution in [2.45, 2.75) is 44.5 Å². The van der Waals surface area contributed by atoms with Crippen molar-refractivity contribution in [3.8, 4) is 11.5 Å². The van der Waals surface area contributed by atoms with Gasteiger partial charge in [0.1, 0.15) is 6.61 Å². The van der Waals surface area contributed by atoms with Crippen molar-refractivity contribution in [1.29, 1.82) is 0 Å². The van der Waals surface area contributed by atoms with Crippen molar-refractivity contribution in [2.75, 3.05) is 20.2 Å². The summed E-state index contributed by atoms with van der Waals surface area (Å²) in [4.78, 5) is 14.8. The van der Waals surface area contributed by atoms with Crippen molar-refractivity contribution >= 4 is 5.91 Å². The smallest absolute Gasteiger partial charge is 0.273 e. The standard InChI is InChI=1S/C25H29N5O3/c1-17(19-8-11-23(24(12-19)32-2)33-16-18-6-4-3-5-7-18)29-13-20(14-29)26-25(31)22-15-30(28-27-22)21-9-10-21/h3-8,11-12,15,17,20-21H,9-10,13-14,16H2,1-2H3,(H,26,31). The molecule has 2 aliphatic rings. The van der Waals surface area contributed by atoms with E-state index in [0.717, 1.165) is 48.6 Å². The monoisotopic (exact) mass is 447 g/mol. The van der Waals surface area contributed by atoms with Gasteiger partial charge in [-0.3, -0.25) is 9.69 Å². The molecule has 1 unspecified atom stereocenters. The highest BCUT2D eigenvalue weighted by Gasteiger charge is 2.33. The molecule has 1 saturated carbocycles. The van der Waals surface area contributed by atoms with Gasteiger partial charge in [-0.2, -0.15) is 0 Å². The van der Waals surface area contributed by atoms with Gasteiger partial charge in [0, 0.05) is 19.1 Å². The summed E-state index contributed by atoms with van der Waals surface area (Å²) in [5.74, 6) is 1.30. The maximum Gasteiger partial charge on any atom is 0.273 e. The van der Waals surface area contributed by atoms with Crippen LogP contribution in [0, 0.1) is 0 Å². The topological polar surface area (TPSA) is 81.5 Å². The minimum absolute atomic E-state index is 0.112. The summed E-state index contributed by atoms with van der Waals surface area (Å²) in [6, 6.07) is 16.9. The van der Waals surface area contributed by atoms with Crippen LogP contribution in [0.25, 0.3) is 0 Å². The number of carbonyl (C=O) groups is 1. The van der Waals surface area contributed by atoms with Crippen LogP contribution in [0.2, 0.25) is 0 Å². The highest BCUT2D eigenvalue weighted by atomic mass is 16.5. The van der Waals surface area contributed by atoms with Crippen LogP contribution in [0.15, 0.2) is 54.7 Å². The van der Waals surface area contributed by atoms with Crippen LogP contribution in [0.4, 0.5) is 0 Å². The van der Waals surface area contributed by atoms with Gasteiger partial charge in [-0.25, -0.2) is 4.68 Å². The van der Waals surface area contributed by atoms with E-state index in [4.69, 9.17) is 9.47 Å². The van der Waals surface area contributed by atoms with E-state index < -0.39 is 0 Å². The van der Waals surface area contributed by atoms with Crippen LogP contribution >= 0.6 is 0 Å². The second-order valence-electron chi connectivity index (χ2n) is 8.80. The van der Waals surface area contributed by atoms with Gasteiger partial charge < -0.3 is 14.8 Å². The summed E-state index contributed by atoms with van der Waals surface area (Å²) in [6.07, 6.45) is 3.98. The third kappa shape index (κ3) is 4.85. The molecule has 0 radical (unpaired) electrons. The quantitative estimate of drug-likeness (QED) is 0.542. The first-order valence-corrected chi connectivity index (χ1v) is 11.4. The molecule has 1 N–H and O–H groups in total. The lowest BCUT2D eigenvalue weighted by molar-refractivity contribution is 0.0671. The zero-order valence-electron chi connectivity index (χ0n) is 19.0. The molecular weight excluding hydrogens is 418 g/mol. The number of ether oxygens (including phenoxy) is 2. The van der Waals surface area contributed by atoms with E-state index in [2.05, 4.69) is 33.5 Å². The molecule has 5 rings (SSSR count). The molecule has 1 saturated heterocycles. The van der Waals surface area contributed by atoms with Gasteiger partial charge >= 0.3 is 0 Å². The minimum Gasteiger partial charge on any atom is -0.493 e. The molecule has 8 nitrogen and oxygen atoms in total. The molecule has 2 aromatic carbocycles. The number of nitrogens with zero attached hydrogens (tertiary/aromatic N) is 4. The van der Waals surface area contributed by atoms with E-state index in [1.807, 2.05) is 42.5 Å². The number of likely N-dealkylation sites (tertiary alicyclic amines) is 1. The normalized spacial score (nSPS) is 17.3. The Morgan fingerprint density at radius 1 is 1.15 bits per heavy atom. The van der Waals surface area contributed by atoms with Crippen LogP contribution in [0.5, 0.6) is 11.5 Å². The summed E-state index contributed by atoms with van der Waals surface area (Å²) in [7, 11) is 1.66. The van der Waals surface area contributed by atoms with Crippen LogP contribution in [-0.2, 0) is 6.61 Å². The lowest BCUT2D eigenvalue weighted by Gasteiger charge is -2.43. The molecule has 172 valence electrons. The van der Waals surface area contributed by atoms with Gasteiger partial charge in [0.05, 0.1) is 25.4 Å². The largest absolute Gasteiger partial charge is 0.493 e. The van der Waals surface area contributed by atoms with Gasteiger partial charge in [-0.1, -0.05) is 41.6 Å². The Morgan fingerprint density at radius 3 is 2.67 bits per heavy atom. The molecule has 0 bridgehead atoms. The summed E-state index contributed by atoms with van der Waals surface area (Å²) in [5.41, 5.74) is 2.65. The average Bonchev–Trinajstić information content (AvgIpc) is 3.56. The van der Waals surface area contributed by atoms with Gasteiger partial charge in [-0.15, -0.1) is 5.10 Å². The molecule has 1 amide bonds. The Hall–Kier alpha value is -3.39. The van der Waals surface area contributed by atoms with E-state index in [1.165, 1.54) is 0 Å². The molecule has 33 heavy (non-hydrogen) atoms. The Labute approximate surface area is 193 Å². The third-order valence-electron chi connectivity index (χ3n) is 6.36. The van der Waals surface area contributed by atoms with Crippen LogP contribution in [-0.4, -0.2) is 52.0 Å². The second-order valence-corrected chi connectivity index (χ2v) is 8.80. The van der Waals surface area contributed by atoms with Crippen LogP contribution in [0.3, 0.4) is 0 Å². The number of hydrogen-bond acceptors (Lipinski definition) is 6. The number of methoxy groups -OCH3 is 1. The van der Waals surface area contributed by atoms with E-state index in [-0.39, 0.29) is 18.0 Å². The highest BCUT2D eigenvalue weighted by molar-refractivity contribution is 5.92. The molecule has 1 aliphatic heterocycles. The van der Waals surface area contributed by atoms with Crippen LogP contribution < -0.4 is 14.8 Å². The maximum absolute atomic E-state index is 12.5. The number of carbonyl (C=O) groups excluding carboxylic acids is 1. The minimum atomic E-state index is -0.152. The number of hydrogen-bond donors (Lipinski definition) is 1. The van der Waals surface area contributed by atoms with Gasteiger partial charge in [0.25, 0.3) is 5.91 Å².